The second-order valence-electron chi connectivity index (χ2n) is 10.4. The fourth-order valence-corrected chi connectivity index (χ4v) is 5.20. The number of carbonyl (C=O) groups is 4. The van der Waals surface area contributed by atoms with Crippen LogP contribution in [0.3, 0.4) is 0 Å². The number of ether oxygens (including phenoxy) is 10. The van der Waals surface area contributed by atoms with E-state index in [-0.39, 0.29) is 19.2 Å². The van der Waals surface area contributed by atoms with Crippen LogP contribution in [0.5, 0.6) is 0 Å². The second-order valence-corrected chi connectivity index (χ2v) is 10.4. The van der Waals surface area contributed by atoms with Gasteiger partial charge in [0.25, 0.3) is 6.02 Å². The summed E-state index contributed by atoms with van der Waals surface area (Å²) in [6.45, 7) is 8.26. The minimum Gasteiger partial charge on any atom is -0.463 e. The predicted molar refractivity (Wildman–Crippen MR) is 132 cm³/mol. The van der Waals surface area contributed by atoms with Crippen LogP contribution in [0.2, 0.25) is 0 Å². The van der Waals surface area contributed by atoms with E-state index in [1.807, 2.05) is 0 Å². The predicted octanol–water partition coefficient (Wildman–Crippen LogP) is -0.695. The van der Waals surface area contributed by atoms with Crippen molar-refractivity contribution in [2.24, 2.45) is 4.99 Å². The van der Waals surface area contributed by atoms with Gasteiger partial charge in [-0.25, -0.2) is 4.99 Å². The van der Waals surface area contributed by atoms with Gasteiger partial charge >= 0.3 is 23.9 Å². The zero-order valence-electron chi connectivity index (χ0n) is 23.9. The number of fused-ring (bicyclic) bond motifs is 1. The molecule has 0 aromatic rings. The van der Waals surface area contributed by atoms with Gasteiger partial charge < -0.3 is 52.7 Å². The number of nitrogens with zero attached hydrogens (tertiary/aromatic N) is 1. The Hall–Kier alpha value is -3.05. The van der Waals surface area contributed by atoms with Crippen molar-refractivity contribution in [3.05, 3.63) is 0 Å². The van der Waals surface area contributed by atoms with Gasteiger partial charge in [-0.1, -0.05) is 0 Å². The molecule has 0 aromatic heterocycles. The Balaban J connectivity index is 1.48. The number of carbonyl (C=O) groups excluding carboxylic acids is 4. The van der Waals surface area contributed by atoms with Gasteiger partial charge in [0.05, 0.1) is 12.6 Å². The van der Waals surface area contributed by atoms with Crippen molar-refractivity contribution in [3.63, 3.8) is 0 Å². The third kappa shape index (κ3) is 7.24. The molecule has 0 amide bonds. The molecule has 16 heteroatoms. The second kappa shape index (κ2) is 12.4. The lowest BCUT2D eigenvalue weighted by Crippen LogP contribution is -2.62. The number of methoxy groups -OCH3 is 1. The summed E-state index contributed by atoms with van der Waals surface area (Å²) in [6, 6.07) is -0.367. The summed E-state index contributed by atoms with van der Waals surface area (Å²) < 4.78 is 56.4. The number of amidine groups is 1. The van der Waals surface area contributed by atoms with Crippen molar-refractivity contribution in [1.82, 2.24) is 5.32 Å². The van der Waals surface area contributed by atoms with E-state index >= 15 is 0 Å². The normalized spacial score (nSPS) is 38.4. The molecule has 1 N–H and O–H groups in total. The van der Waals surface area contributed by atoms with Crippen LogP contribution in [0, 0.1) is 0 Å². The van der Waals surface area contributed by atoms with Gasteiger partial charge in [-0.05, 0) is 13.8 Å². The quantitative estimate of drug-likeness (QED) is 0.277. The summed E-state index contributed by atoms with van der Waals surface area (Å²) in [5, 5.41) is 3.10. The van der Waals surface area contributed by atoms with Crippen molar-refractivity contribution in [3.8, 4) is 0 Å². The molecule has 0 aromatic carbocycles. The van der Waals surface area contributed by atoms with Gasteiger partial charge in [-0.3, -0.25) is 19.2 Å². The molecular weight excluding hydrogens is 552 g/mol. The van der Waals surface area contributed by atoms with Gasteiger partial charge in [0, 0.05) is 34.8 Å². The third-order valence-corrected chi connectivity index (χ3v) is 6.58. The van der Waals surface area contributed by atoms with E-state index in [1.165, 1.54) is 27.9 Å². The first-order chi connectivity index (χ1) is 19.3. The van der Waals surface area contributed by atoms with Gasteiger partial charge in [-0.2, -0.15) is 0 Å². The molecule has 0 spiro atoms. The highest BCUT2D eigenvalue weighted by Crippen LogP contribution is 2.40. The summed E-state index contributed by atoms with van der Waals surface area (Å²) in [7, 11) is 1.32. The van der Waals surface area contributed by atoms with Crippen molar-refractivity contribution < 1.29 is 66.5 Å². The Bertz CT molecular complexity index is 1050. The van der Waals surface area contributed by atoms with E-state index in [0.29, 0.717) is 0 Å². The van der Waals surface area contributed by atoms with Crippen LogP contribution in [0.15, 0.2) is 4.99 Å². The average Bonchev–Trinajstić information content (AvgIpc) is 3.52. The van der Waals surface area contributed by atoms with E-state index in [2.05, 4.69) is 10.3 Å². The van der Waals surface area contributed by atoms with Crippen molar-refractivity contribution in [2.45, 2.75) is 109 Å². The van der Waals surface area contributed by atoms with E-state index in [9.17, 15) is 19.2 Å². The summed E-state index contributed by atoms with van der Waals surface area (Å²) in [5.41, 5.74) is 0. The number of esters is 4. The molecule has 4 aliphatic rings. The highest BCUT2D eigenvalue weighted by molar-refractivity contribution is 5.76. The molecule has 0 saturated carbocycles. The number of aliphatic imine (C=N–C) groups is 1. The zero-order chi connectivity index (χ0) is 30.1. The molecule has 4 heterocycles. The molecule has 0 aliphatic carbocycles. The van der Waals surface area contributed by atoms with Gasteiger partial charge in [0.15, 0.2) is 48.9 Å². The highest BCUT2D eigenvalue weighted by Gasteiger charge is 2.59. The fourth-order valence-electron chi connectivity index (χ4n) is 5.20. The van der Waals surface area contributed by atoms with E-state index < -0.39 is 91.0 Å². The Labute approximate surface area is 236 Å². The highest BCUT2D eigenvalue weighted by atomic mass is 16.8. The molecule has 10 atom stereocenters. The SMILES string of the molecule is CO[C@H]1O[C@H](CN=C2N[C@@H]([C@H]3O[C@@H]4OC(C)(C)O[C@@H]4[C@H]3OC(C)=O)CO2)[C@@H](OC(C)=O)[C@H](OC(C)=O)[C@H]1OC(C)=O. The summed E-state index contributed by atoms with van der Waals surface area (Å²) in [6.07, 6.45) is -8.61. The maximum atomic E-state index is 11.9. The lowest BCUT2D eigenvalue weighted by Gasteiger charge is -2.43. The van der Waals surface area contributed by atoms with Gasteiger partial charge in [0.1, 0.15) is 18.8 Å². The average molecular weight is 589 g/mol. The van der Waals surface area contributed by atoms with Gasteiger partial charge in [0.2, 0.25) is 0 Å². The maximum absolute atomic E-state index is 11.9. The zero-order valence-corrected chi connectivity index (χ0v) is 23.9. The number of rotatable bonds is 8. The minimum absolute atomic E-state index is 0.115. The van der Waals surface area contributed by atoms with Crippen LogP contribution in [0.1, 0.15) is 41.5 Å². The number of hydrogen-bond acceptors (Lipinski definition) is 15. The molecule has 4 rings (SSSR count). The fraction of sp³-hybridized carbons (Fsp3) is 0.800. The standard InChI is InChI=1S/C25H36N2O14/c1-10(28)34-17-15(38-22(32-7)20(37-13(4)31)19(17)36-12(3)30)8-26-24-27-14(9-33-24)16-18(35-11(2)29)21-23(39-16)41-25(5,6)40-21/h14-23H,8-9H2,1-7H3,(H,26,27)/t14-,15-,16-,17-,18+,19+,20-,21-,22+,23-/m1/s1. The van der Waals surface area contributed by atoms with Crippen molar-refractivity contribution >= 4 is 29.9 Å². The summed E-state index contributed by atoms with van der Waals surface area (Å²) in [5.74, 6) is -3.47. The van der Waals surface area contributed by atoms with E-state index in [0.717, 1.165) is 6.92 Å². The molecule has 16 nitrogen and oxygen atoms in total. The first-order valence-electron chi connectivity index (χ1n) is 13.1. The first kappa shape index (κ1) is 30.9. The van der Waals surface area contributed by atoms with E-state index in [4.69, 9.17) is 47.4 Å². The Morgan fingerprint density at radius 3 is 2.02 bits per heavy atom. The number of nitrogens with one attached hydrogen (secondary N) is 1. The monoisotopic (exact) mass is 588 g/mol. The van der Waals surface area contributed by atoms with Crippen LogP contribution < -0.4 is 5.32 Å². The number of hydrogen-bond donors (Lipinski definition) is 1. The molecule has 0 radical (unpaired) electrons. The molecule has 41 heavy (non-hydrogen) atoms. The smallest absolute Gasteiger partial charge is 0.303 e. The van der Waals surface area contributed by atoms with Crippen LogP contribution in [0.25, 0.3) is 0 Å². The van der Waals surface area contributed by atoms with E-state index in [1.54, 1.807) is 13.8 Å². The van der Waals surface area contributed by atoms with Crippen LogP contribution in [0.4, 0.5) is 0 Å². The Kier molecular flexibility index (Phi) is 9.38. The van der Waals surface area contributed by atoms with Crippen molar-refractivity contribution in [2.75, 3.05) is 20.3 Å². The molecular formula is C25H36N2O14. The maximum Gasteiger partial charge on any atom is 0.303 e. The lowest BCUT2D eigenvalue weighted by atomic mass is 9.97. The Morgan fingerprint density at radius 2 is 1.41 bits per heavy atom. The summed E-state index contributed by atoms with van der Waals surface area (Å²) >= 11 is 0. The third-order valence-electron chi connectivity index (χ3n) is 6.58. The molecule has 0 unspecified atom stereocenters. The molecule has 0 bridgehead atoms. The lowest BCUT2D eigenvalue weighted by molar-refractivity contribution is -0.296. The van der Waals surface area contributed by atoms with Crippen molar-refractivity contribution in [1.29, 1.82) is 0 Å². The topological polar surface area (TPSA) is 185 Å². The molecule has 230 valence electrons. The largest absolute Gasteiger partial charge is 0.463 e. The molecule has 4 fully saturated rings. The van der Waals surface area contributed by atoms with Crippen LogP contribution in [-0.4, -0.2) is 117 Å². The van der Waals surface area contributed by atoms with Crippen LogP contribution in [-0.2, 0) is 66.5 Å². The Morgan fingerprint density at radius 1 is 0.829 bits per heavy atom. The minimum atomic E-state index is -1.24. The van der Waals surface area contributed by atoms with Gasteiger partial charge in [-0.15, -0.1) is 0 Å². The van der Waals surface area contributed by atoms with Crippen LogP contribution >= 0.6 is 0 Å². The first-order valence-corrected chi connectivity index (χ1v) is 13.1. The summed E-state index contributed by atoms with van der Waals surface area (Å²) in [4.78, 5) is 51.8. The molecule has 4 aliphatic heterocycles. The molecule has 4 saturated heterocycles.